The van der Waals surface area contributed by atoms with Crippen molar-refractivity contribution in [2.75, 3.05) is 0 Å². The van der Waals surface area contributed by atoms with Gasteiger partial charge in [0.05, 0.1) is 0 Å². The number of carboxylic acid groups (broad SMARTS) is 2. The van der Waals surface area contributed by atoms with Crippen LogP contribution in [0.5, 0.6) is 0 Å². The standard InChI is InChI=1S/C13H15NO4.2H3N/c1-6-3-8-4-10(12(15)16)11(13(17)18)5-9(8)7(2)14-6;;/h3,10-11H,4-5H2,1-2H3,(H,15,16)(H,17,18);2*1H3. The van der Waals surface area contributed by atoms with Crippen molar-refractivity contribution in [3.05, 3.63) is 28.6 Å². The zero-order chi connectivity index (χ0) is 13.4. The predicted octanol–water partition coefficient (Wildman–Crippen LogP) is -0.718. The van der Waals surface area contributed by atoms with Crippen LogP contribution in [0.4, 0.5) is 0 Å². The number of carbonyl (C=O) groups is 2. The lowest BCUT2D eigenvalue weighted by molar-refractivity contribution is -0.327. The Bertz CT molecular complexity index is 531. The van der Waals surface area contributed by atoms with Crippen molar-refractivity contribution in [1.29, 1.82) is 0 Å². The molecule has 0 bridgehead atoms. The second-order valence-electron chi connectivity index (χ2n) is 4.75. The van der Waals surface area contributed by atoms with Crippen LogP contribution in [0.3, 0.4) is 0 Å². The van der Waals surface area contributed by atoms with Gasteiger partial charge in [0.25, 0.3) is 0 Å². The van der Waals surface area contributed by atoms with Gasteiger partial charge in [0.15, 0.2) is 0 Å². The van der Waals surface area contributed by atoms with E-state index in [0.717, 1.165) is 22.5 Å². The van der Waals surface area contributed by atoms with Gasteiger partial charge in [-0.25, -0.2) is 0 Å². The topological polar surface area (TPSA) is 166 Å². The summed E-state index contributed by atoms with van der Waals surface area (Å²) in [5, 5.41) is 22.1. The van der Waals surface area contributed by atoms with Crippen molar-refractivity contribution in [3.8, 4) is 0 Å². The van der Waals surface area contributed by atoms with E-state index in [-0.39, 0.29) is 25.1 Å². The van der Waals surface area contributed by atoms with Gasteiger partial charge in [-0.05, 0) is 43.9 Å². The minimum Gasteiger partial charge on any atom is -0.550 e. The van der Waals surface area contributed by atoms with Crippen molar-refractivity contribution in [3.63, 3.8) is 0 Å². The molecular weight excluding hydrogens is 262 g/mol. The molecule has 7 heteroatoms. The van der Waals surface area contributed by atoms with Crippen LogP contribution in [0.2, 0.25) is 0 Å². The fourth-order valence-corrected chi connectivity index (χ4v) is 2.63. The highest BCUT2D eigenvalue weighted by atomic mass is 16.4. The average Bonchev–Trinajstić information content (AvgIpc) is 2.26. The number of aliphatic carboxylic acids is 2. The van der Waals surface area contributed by atoms with Gasteiger partial charge in [0.2, 0.25) is 0 Å². The first-order valence-corrected chi connectivity index (χ1v) is 5.78. The zero-order valence-electron chi connectivity index (χ0n) is 12.2. The maximum absolute atomic E-state index is 11.0. The number of hydrogen-bond donors (Lipinski definition) is 2. The maximum Gasteiger partial charge on any atom is 0.0455 e. The molecule has 0 aromatic carbocycles. The summed E-state index contributed by atoms with van der Waals surface area (Å²) in [5.41, 5.74) is 3.24. The molecule has 8 N–H and O–H groups in total. The average molecular weight is 283 g/mol. The van der Waals surface area contributed by atoms with E-state index in [9.17, 15) is 19.8 Å². The van der Waals surface area contributed by atoms with E-state index in [4.69, 9.17) is 0 Å². The van der Waals surface area contributed by atoms with E-state index in [1.165, 1.54) is 0 Å². The van der Waals surface area contributed by atoms with Gasteiger partial charge in [-0.15, -0.1) is 0 Å². The quantitative estimate of drug-likeness (QED) is 0.729. The third-order valence-corrected chi connectivity index (χ3v) is 3.51. The van der Waals surface area contributed by atoms with E-state index in [2.05, 4.69) is 4.98 Å². The van der Waals surface area contributed by atoms with E-state index in [1.807, 2.05) is 13.0 Å². The van der Waals surface area contributed by atoms with Crippen LogP contribution in [0.1, 0.15) is 22.5 Å². The molecule has 2 rings (SSSR count). The summed E-state index contributed by atoms with van der Waals surface area (Å²) in [6, 6.07) is 1.81. The van der Waals surface area contributed by atoms with Crippen molar-refractivity contribution >= 4 is 11.9 Å². The molecule has 2 unspecified atom stereocenters. The maximum atomic E-state index is 11.0. The number of quaternary nitrogens is 2. The van der Waals surface area contributed by atoms with Crippen LogP contribution in [0.25, 0.3) is 0 Å². The van der Waals surface area contributed by atoms with Gasteiger partial charge in [-0.1, -0.05) is 0 Å². The molecule has 112 valence electrons. The number of nitrogens with zero attached hydrogens (tertiary/aromatic N) is 1. The highest BCUT2D eigenvalue weighted by Gasteiger charge is 2.31. The first-order chi connectivity index (χ1) is 8.40. The highest BCUT2D eigenvalue weighted by Crippen LogP contribution is 2.31. The van der Waals surface area contributed by atoms with E-state index in [1.54, 1.807) is 6.92 Å². The number of aromatic nitrogens is 1. The van der Waals surface area contributed by atoms with Crippen molar-refractivity contribution in [1.82, 2.24) is 17.3 Å². The molecule has 0 saturated carbocycles. The van der Waals surface area contributed by atoms with Gasteiger partial charge in [-0.3, -0.25) is 4.98 Å². The summed E-state index contributed by atoms with van der Waals surface area (Å²) < 4.78 is 0. The monoisotopic (exact) mass is 283 g/mol. The molecule has 0 radical (unpaired) electrons. The van der Waals surface area contributed by atoms with Crippen LogP contribution in [-0.2, 0) is 22.4 Å². The molecule has 20 heavy (non-hydrogen) atoms. The van der Waals surface area contributed by atoms with Crippen molar-refractivity contribution < 1.29 is 19.8 Å². The van der Waals surface area contributed by atoms with Gasteiger partial charge in [0.1, 0.15) is 0 Å². The molecule has 1 aliphatic carbocycles. The smallest absolute Gasteiger partial charge is 0.0455 e. The molecule has 1 aliphatic rings. The number of carboxylic acids is 2. The fraction of sp³-hybridized carbons (Fsp3) is 0.462. The largest absolute Gasteiger partial charge is 0.550 e. The number of carbonyl (C=O) groups excluding carboxylic acids is 2. The van der Waals surface area contributed by atoms with Crippen LogP contribution >= 0.6 is 0 Å². The highest BCUT2D eigenvalue weighted by molar-refractivity contribution is 5.79. The summed E-state index contributed by atoms with van der Waals surface area (Å²) in [6.07, 6.45) is 0.315. The first kappa shape index (κ1) is 18.0. The summed E-state index contributed by atoms with van der Waals surface area (Å²) in [7, 11) is 0. The number of fused-ring (bicyclic) bond motifs is 1. The van der Waals surface area contributed by atoms with E-state index in [0.29, 0.717) is 0 Å². The van der Waals surface area contributed by atoms with Gasteiger partial charge >= 0.3 is 0 Å². The van der Waals surface area contributed by atoms with E-state index >= 15 is 0 Å². The number of pyridine rings is 1. The molecule has 0 saturated heterocycles. The van der Waals surface area contributed by atoms with Gasteiger partial charge in [0, 0.05) is 35.2 Å². The minimum atomic E-state index is -1.34. The predicted molar refractivity (Wildman–Crippen MR) is 70.1 cm³/mol. The number of rotatable bonds is 2. The van der Waals surface area contributed by atoms with Crippen LogP contribution in [-0.4, -0.2) is 16.9 Å². The Morgan fingerprint density at radius 3 is 2.10 bits per heavy atom. The SMILES string of the molecule is Cc1cc2c(c(C)n1)CC(C(=O)[O-])C(C(=O)[O-])C2.[NH4+].[NH4+]. The van der Waals surface area contributed by atoms with Crippen LogP contribution in [0.15, 0.2) is 6.07 Å². The summed E-state index contributed by atoms with van der Waals surface area (Å²) >= 11 is 0. The fourth-order valence-electron chi connectivity index (χ4n) is 2.63. The molecule has 0 spiro atoms. The molecule has 2 atom stereocenters. The van der Waals surface area contributed by atoms with Crippen LogP contribution in [0, 0.1) is 25.7 Å². The Morgan fingerprint density at radius 2 is 1.60 bits per heavy atom. The number of hydrogen-bond acceptors (Lipinski definition) is 5. The Kier molecular flexibility index (Phi) is 5.80. The second kappa shape index (κ2) is 6.44. The summed E-state index contributed by atoms with van der Waals surface area (Å²) in [6.45, 7) is 3.63. The third kappa shape index (κ3) is 3.12. The van der Waals surface area contributed by atoms with E-state index < -0.39 is 23.8 Å². The third-order valence-electron chi connectivity index (χ3n) is 3.51. The molecule has 1 heterocycles. The van der Waals surface area contributed by atoms with Gasteiger partial charge < -0.3 is 32.1 Å². The first-order valence-electron chi connectivity index (χ1n) is 5.78. The normalized spacial score (nSPS) is 20.1. The molecule has 0 aliphatic heterocycles. The minimum absolute atomic E-state index is 0. The summed E-state index contributed by atoms with van der Waals surface area (Å²) in [5.74, 6) is -4.73. The van der Waals surface area contributed by atoms with Crippen molar-refractivity contribution in [2.24, 2.45) is 11.8 Å². The molecule has 1 aromatic heterocycles. The lowest BCUT2D eigenvalue weighted by Gasteiger charge is -2.35. The second-order valence-corrected chi connectivity index (χ2v) is 4.75. The summed E-state index contributed by atoms with van der Waals surface area (Å²) in [4.78, 5) is 26.3. The molecule has 7 nitrogen and oxygen atoms in total. The lowest BCUT2D eigenvalue weighted by Crippen LogP contribution is -2.47. The van der Waals surface area contributed by atoms with Crippen molar-refractivity contribution in [2.45, 2.75) is 26.7 Å². The zero-order valence-corrected chi connectivity index (χ0v) is 12.2. The molecule has 0 amide bonds. The Morgan fingerprint density at radius 1 is 1.10 bits per heavy atom. The molecule has 0 fully saturated rings. The molecule has 1 aromatic rings. The van der Waals surface area contributed by atoms with Crippen LogP contribution < -0.4 is 22.5 Å². The number of aryl methyl sites for hydroxylation is 2. The molecular formula is C13H21N3O4. The Labute approximate surface area is 117 Å². The Hall–Kier alpha value is -1.99. The van der Waals surface area contributed by atoms with Gasteiger partial charge in [-0.2, -0.15) is 0 Å². The Balaban J connectivity index is 0.00000180. The lowest BCUT2D eigenvalue weighted by atomic mass is 9.75.